The average Bonchev–Trinajstić information content (AvgIpc) is 3.36. The number of benzene rings is 2. The molecule has 0 heterocycles. The number of carbonyl (C=O) groups excluding carboxylic acids is 4. The van der Waals surface area contributed by atoms with Gasteiger partial charge in [0.2, 0.25) is 0 Å². The second-order valence-corrected chi connectivity index (χ2v) is 25.4. The first-order valence-electron chi connectivity index (χ1n) is 28.9. The van der Waals surface area contributed by atoms with E-state index in [1.54, 1.807) is 0 Å². The molecule has 3 unspecified atom stereocenters. The first-order chi connectivity index (χ1) is 34.4. The zero-order valence-corrected chi connectivity index (χ0v) is 47.2. The molecule has 2 rings (SSSR count). The van der Waals surface area contributed by atoms with Gasteiger partial charge in [0.15, 0.2) is 0 Å². The summed E-state index contributed by atoms with van der Waals surface area (Å²) in [7, 11) is -3.20. The lowest BCUT2D eigenvalue weighted by Gasteiger charge is -2.44. The minimum atomic E-state index is -3.20. The third-order valence-electron chi connectivity index (χ3n) is 14.0. The molecule has 2 aromatic rings. The predicted molar refractivity (Wildman–Crippen MR) is 295 cm³/mol. The molecule has 0 aliphatic heterocycles. The fraction of sp³-hybridized carbons (Fsp3) is 0.738. The Balaban J connectivity index is 2.06. The smallest absolute Gasteiger partial charge is 0.334 e. The molecular formula is C61H102O9Si. The number of hydrogen-bond acceptors (Lipinski definition) is 9. The van der Waals surface area contributed by atoms with Crippen molar-refractivity contribution in [2.45, 2.75) is 252 Å². The molecule has 0 aromatic heterocycles. The highest BCUT2D eigenvalue weighted by Crippen LogP contribution is 2.38. The summed E-state index contributed by atoms with van der Waals surface area (Å²) in [5.41, 5.74) is 0. The Labute approximate surface area is 434 Å². The molecule has 0 saturated heterocycles. The number of hydrogen-bond donors (Lipinski definition) is 0. The monoisotopic (exact) mass is 1010 g/mol. The number of rotatable bonds is 44. The quantitative estimate of drug-likeness (QED) is 0.0277. The largest absolute Gasteiger partial charge is 0.466 e. The molecule has 0 saturated carbocycles. The number of ether oxygens (including phenoxy) is 4. The van der Waals surface area contributed by atoms with E-state index in [9.17, 15) is 19.2 Å². The van der Waals surface area contributed by atoms with E-state index < -0.39 is 31.4 Å². The van der Waals surface area contributed by atoms with Crippen LogP contribution in [0.3, 0.4) is 0 Å². The van der Waals surface area contributed by atoms with Crippen LogP contribution >= 0.6 is 0 Å². The summed E-state index contributed by atoms with van der Waals surface area (Å²) in [5.74, 6) is -1.24. The maximum absolute atomic E-state index is 14.2. The molecule has 0 fully saturated rings. The SMILES string of the molecule is CCCCCCCCC(CCCCCC)C(=O)OCCCCOC(=O)CCC(O[Si](c1ccccc1)(c1ccccc1)C(C)(C)C)C(=O)OCCCCOC(=O)C(CCCCCC)CCCCCCCC. The van der Waals surface area contributed by atoms with Gasteiger partial charge in [-0.25, -0.2) is 4.79 Å². The van der Waals surface area contributed by atoms with Gasteiger partial charge in [0.1, 0.15) is 6.10 Å². The Hall–Kier alpha value is -3.50. The highest BCUT2D eigenvalue weighted by Gasteiger charge is 2.52. The Kier molecular flexibility index (Phi) is 35.8. The molecule has 2 aromatic carbocycles. The van der Waals surface area contributed by atoms with Crippen LogP contribution < -0.4 is 10.4 Å². The second-order valence-electron chi connectivity index (χ2n) is 21.2. The van der Waals surface area contributed by atoms with Crippen molar-refractivity contribution in [2.24, 2.45) is 11.8 Å². The maximum atomic E-state index is 14.2. The van der Waals surface area contributed by atoms with Gasteiger partial charge < -0.3 is 23.4 Å². The molecule has 0 aliphatic rings. The molecule has 0 bridgehead atoms. The number of unbranched alkanes of at least 4 members (excludes halogenated alkanes) is 18. The maximum Gasteiger partial charge on any atom is 0.334 e. The Morgan fingerprint density at radius 3 is 1.10 bits per heavy atom. The van der Waals surface area contributed by atoms with Gasteiger partial charge in [-0.3, -0.25) is 14.4 Å². The predicted octanol–water partition coefficient (Wildman–Crippen LogP) is 15.1. The van der Waals surface area contributed by atoms with Gasteiger partial charge in [0, 0.05) is 6.42 Å². The van der Waals surface area contributed by atoms with Crippen molar-refractivity contribution >= 4 is 42.6 Å². The Morgan fingerprint density at radius 1 is 0.408 bits per heavy atom. The van der Waals surface area contributed by atoms with E-state index in [1.807, 2.05) is 36.4 Å². The second kappa shape index (κ2) is 40.0. The van der Waals surface area contributed by atoms with Gasteiger partial charge in [-0.1, -0.05) is 238 Å². The van der Waals surface area contributed by atoms with Crippen molar-refractivity contribution in [1.29, 1.82) is 0 Å². The van der Waals surface area contributed by atoms with Crippen molar-refractivity contribution in [3.8, 4) is 0 Å². The van der Waals surface area contributed by atoms with Gasteiger partial charge in [0.05, 0.1) is 38.3 Å². The van der Waals surface area contributed by atoms with Gasteiger partial charge in [-0.15, -0.1) is 0 Å². The normalized spacial score (nSPS) is 13.1. The van der Waals surface area contributed by atoms with Crippen LogP contribution in [-0.4, -0.2) is 64.7 Å². The van der Waals surface area contributed by atoms with E-state index in [1.165, 1.54) is 70.6 Å². The van der Waals surface area contributed by atoms with Crippen molar-refractivity contribution in [1.82, 2.24) is 0 Å². The van der Waals surface area contributed by atoms with E-state index in [-0.39, 0.29) is 56.4 Å². The minimum absolute atomic E-state index is 0.0284. The van der Waals surface area contributed by atoms with Crippen LogP contribution in [0.15, 0.2) is 60.7 Å². The molecule has 0 aliphatic carbocycles. The summed E-state index contributed by atoms with van der Waals surface area (Å²) in [6, 6.07) is 20.3. The van der Waals surface area contributed by atoms with Crippen molar-refractivity contribution in [3.63, 3.8) is 0 Å². The first-order valence-corrected chi connectivity index (χ1v) is 30.8. The fourth-order valence-electron chi connectivity index (χ4n) is 9.63. The summed E-state index contributed by atoms with van der Waals surface area (Å²) in [6.07, 6.45) is 28.3. The third-order valence-corrected chi connectivity index (χ3v) is 19.0. The van der Waals surface area contributed by atoms with E-state index in [2.05, 4.69) is 72.7 Å². The lowest BCUT2D eigenvalue weighted by Crippen LogP contribution is -2.68. The van der Waals surface area contributed by atoms with Gasteiger partial charge >= 0.3 is 23.9 Å². The minimum Gasteiger partial charge on any atom is -0.466 e. The highest BCUT2D eigenvalue weighted by atomic mass is 28.4. The van der Waals surface area contributed by atoms with Crippen LogP contribution in [0.1, 0.15) is 241 Å². The summed E-state index contributed by atoms with van der Waals surface area (Å²) in [4.78, 5) is 53.9. The lowest BCUT2D eigenvalue weighted by atomic mass is 9.94. The molecule has 0 radical (unpaired) electrons. The standard InChI is InChI=1S/C61H102O9Si/c1-8-12-16-20-22-28-40-52(38-26-18-14-10-3)58(63)67-49-35-34-48-66-57(62)47-46-56(70-71(61(5,6)7,54-42-30-24-31-43-54)55-44-32-25-33-45-55)60(65)69-51-37-36-50-68-59(64)53(39-27-19-15-11-4)41-29-23-21-17-13-9-2/h24-25,30-33,42-45,52-53,56H,8-23,26-29,34-41,46-51H2,1-7H3. The van der Waals surface area contributed by atoms with Crippen LogP contribution in [-0.2, 0) is 42.6 Å². The zero-order chi connectivity index (χ0) is 51.8. The van der Waals surface area contributed by atoms with Crippen LogP contribution in [0.4, 0.5) is 0 Å². The number of esters is 4. The molecule has 10 heteroatoms. The molecule has 0 spiro atoms. The fourth-order valence-corrected chi connectivity index (χ4v) is 14.3. The van der Waals surface area contributed by atoms with E-state index >= 15 is 0 Å². The molecule has 3 atom stereocenters. The van der Waals surface area contributed by atoms with Crippen molar-refractivity contribution in [3.05, 3.63) is 60.7 Å². The zero-order valence-electron chi connectivity index (χ0n) is 46.2. The number of carbonyl (C=O) groups is 4. The molecule has 9 nitrogen and oxygen atoms in total. The van der Waals surface area contributed by atoms with Crippen LogP contribution in [0.5, 0.6) is 0 Å². The highest BCUT2D eigenvalue weighted by molar-refractivity contribution is 6.99. The molecular weight excluding hydrogens is 905 g/mol. The van der Waals surface area contributed by atoms with E-state index in [0.29, 0.717) is 32.3 Å². The van der Waals surface area contributed by atoms with Gasteiger partial charge in [-0.05, 0) is 73.2 Å². The van der Waals surface area contributed by atoms with Crippen LogP contribution in [0.2, 0.25) is 5.04 Å². The molecule has 71 heavy (non-hydrogen) atoms. The molecule has 0 N–H and O–H groups in total. The van der Waals surface area contributed by atoms with E-state index in [0.717, 1.165) is 93.8 Å². The topological polar surface area (TPSA) is 114 Å². The molecule has 404 valence electrons. The van der Waals surface area contributed by atoms with Crippen molar-refractivity contribution in [2.75, 3.05) is 26.4 Å². The molecule has 0 amide bonds. The van der Waals surface area contributed by atoms with Gasteiger partial charge in [0.25, 0.3) is 8.32 Å². The van der Waals surface area contributed by atoms with Crippen molar-refractivity contribution < 1.29 is 42.6 Å². The van der Waals surface area contributed by atoms with Crippen LogP contribution in [0, 0.1) is 11.8 Å². The average molecular weight is 1010 g/mol. The summed E-state index contributed by atoms with van der Waals surface area (Å²) in [5, 5.41) is 1.63. The summed E-state index contributed by atoms with van der Waals surface area (Å²) >= 11 is 0. The Morgan fingerprint density at radius 2 is 0.732 bits per heavy atom. The Bertz CT molecular complexity index is 1600. The summed E-state index contributed by atoms with van der Waals surface area (Å²) in [6.45, 7) is 16.2. The first kappa shape index (κ1) is 63.6. The van der Waals surface area contributed by atoms with E-state index in [4.69, 9.17) is 23.4 Å². The summed E-state index contributed by atoms with van der Waals surface area (Å²) < 4.78 is 30.5. The third kappa shape index (κ3) is 26.9. The van der Waals surface area contributed by atoms with Gasteiger partial charge in [-0.2, -0.15) is 0 Å². The lowest BCUT2D eigenvalue weighted by molar-refractivity contribution is -0.155. The van der Waals surface area contributed by atoms with Crippen LogP contribution in [0.25, 0.3) is 0 Å².